The summed E-state index contributed by atoms with van der Waals surface area (Å²) < 4.78 is 15.6. The number of amides is 1. The Labute approximate surface area is 124 Å². The molecule has 1 saturated heterocycles. The Morgan fingerprint density at radius 3 is 2.81 bits per heavy atom. The Kier molecular flexibility index (Phi) is 5.98. The highest BCUT2D eigenvalue weighted by Crippen LogP contribution is 2.21. The van der Waals surface area contributed by atoms with E-state index in [2.05, 4.69) is 0 Å². The number of rotatable bonds is 6. The average molecular weight is 295 g/mol. The van der Waals surface area contributed by atoms with Gasteiger partial charge >= 0.3 is 6.09 Å². The molecule has 0 aromatic heterocycles. The molecule has 1 aliphatic heterocycles. The van der Waals surface area contributed by atoms with Gasteiger partial charge in [-0.1, -0.05) is 30.3 Å². The summed E-state index contributed by atoms with van der Waals surface area (Å²) in [6.07, 6.45) is 0.0214. The van der Waals surface area contributed by atoms with Gasteiger partial charge in [0.05, 0.1) is 25.3 Å². The van der Waals surface area contributed by atoms with Gasteiger partial charge in [0.2, 0.25) is 0 Å². The minimum absolute atomic E-state index is 0.104. The van der Waals surface area contributed by atoms with E-state index in [0.717, 1.165) is 5.56 Å². The summed E-state index contributed by atoms with van der Waals surface area (Å²) >= 11 is 0. The van der Waals surface area contributed by atoms with Crippen molar-refractivity contribution in [2.24, 2.45) is 0 Å². The number of carbonyl (C=O) groups is 1. The van der Waals surface area contributed by atoms with Gasteiger partial charge in [-0.15, -0.1) is 0 Å². The lowest BCUT2D eigenvalue weighted by Crippen LogP contribution is -2.38. The first kappa shape index (κ1) is 15.8. The van der Waals surface area contributed by atoms with Crippen molar-refractivity contribution < 1.29 is 24.1 Å². The van der Waals surface area contributed by atoms with Crippen molar-refractivity contribution in [3.8, 4) is 0 Å². The maximum Gasteiger partial charge on any atom is 0.410 e. The molecule has 6 nitrogen and oxygen atoms in total. The van der Waals surface area contributed by atoms with Gasteiger partial charge in [0.15, 0.2) is 0 Å². The van der Waals surface area contributed by atoms with Crippen LogP contribution >= 0.6 is 0 Å². The lowest BCUT2D eigenvalue weighted by molar-refractivity contribution is -0.0671. The van der Waals surface area contributed by atoms with Crippen LogP contribution in [0.5, 0.6) is 0 Å². The quantitative estimate of drug-likeness (QED) is 0.803. The van der Waals surface area contributed by atoms with Crippen LogP contribution in [0.4, 0.5) is 4.79 Å². The molecule has 0 spiro atoms. The number of nitrogens with zero attached hydrogens (tertiary/aromatic N) is 1. The van der Waals surface area contributed by atoms with Crippen molar-refractivity contribution >= 4 is 6.09 Å². The third-order valence-corrected chi connectivity index (χ3v) is 3.45. The largest absolute Gasteiger partial charge is 0.445 e. The van der Waals surface area contributed by atoms with Gasteiger partial charge in [0, 0.05) is 7.11 Å². The summed E-state index contributed by atoms with van der Waals surface area (Å²) in [4.78, 5) is 13.6. The number of hydrogen-bond donors (Lipinski definition) is 1. The molecule has 2 atom stereocenters. The molecule has 1 heterocycles. The topological polar surface area (TPSA) is 68.2 Å². The second-order valence-corrected chi connectivity index (χ2v) is 4.96. The van der Waals surface area contributed by atoms with E-state index in [1.807, 2.05) is 30.3 Å². The molecule has 0 bridgehead atoms. The van der Waals surface area contributed by atoms with Crippen LogP contribution in [0.2, 0.25) is 0 Å². The number of ether oxygens (including phenoxy) is 3. The number of methoxy groups -OCH3 is 1. The molecule has 2 unspecified atom stereocenters. The van der Waals surface area contributed by atoms with Crippen LogP contribution in [0.1, 0.15) is 12.0 Å². The summed E-state index contributed by atoms with van der Waals surface area (Å²) in [6, 6.07) is 9.21. The van der Waals surface area contributed by atoms with E-state index in [1.165, 1.54) is 4.90 Å². The van der Waals surface area contributed by atoms with Gasteiger partial charge in [-0.3, -0.25) is 0 Å². The fourth-order valence-corrected chi connectivity index (χ4v) is 2.36. The smallest absolute Gasteiger partial charge is 0.410 e. The summed E-state index contributed by atoms with van der Waals surface area (Å²) in [6.45, 7) is 0.698. The number of carbonyl (C=O) groups excluding carboxylic acids is 1. The van der Waals surface area contributed by atoms with Crippen LogP contribution in [0, 0.1) is 0 Å². The van der Waals surface area contributed by atoms with Gasteiger partial charge in [0.1, 0.15) is 13.4 Å². The first-order valence-corrected chi connectivity index (χ1v) is 6.93. The Morgan fingerprint density at radius 2 is 2.14 bits per heavy atom. The Hall–Kier alpha value is -1.63. The number of hydrogen-bond acceptors (Lipinski definition) is 5. The number of aliphatic hydroxyl groups is 1. The van der Waals surface area contributed by atoms with Crippen molar-refractivity contribution in [2.45, 2.75) is 25.2 Å². The van der Waals surface area contributed by atoms with Gasteiger partial charge in [-0.2, -0.15) is 0 Å². The molecule has 116 valence electrons. The van der Waals surface area contributed by atoms with Gasteiger partial charge in [0.25, 0.3) is 0 Å². The minimum atomic E-state index is -0.429. The molecule has 1 aliphatic rings. The van der Waals surface area contributed by atoms with Crippen molar-refractivity contribution in [3.63, 3.8) is 0 Å². The zero-order valence-corrected chi connectivity index (χ0v) is 12.1. The lowest BCUT2D eigenvalue weighted by Gasteiger charge is -2.22. The molecule has 1 amide bonds. The van der Waals surface area contributed by atoms with Gasteiger partial charge in [-0.05, 0) is 12.0 Å². The van der Waals surface area contributed by atoms with Crippen molar-refractivity contribution in [2.75, 3.05) is 27.1 Å². The van der Waals surface area contributed by atoms with Gasteiger partial charge < -0.3 is 24.2 Å². The number of likely N-dealkylation sites (tertiary alicyclic amines) is 1. The minimum Gasteiger partial charge on any atom is -0.445 e. The highest BCUT2D eigenvalue weighted by Gasteiger charge is 2.36. The van der Waals surface area contributed by atoms with Crippen LogP contribution < -0.4 is 0 Å². The average Bonchev–Trinajstić information content (AvgIpc) is 2.95. The Bertz CT molecular complexity index is 439. The van der Waals surface area contributed by atoms with E-state index in [-0.39, 0.29) is 32.2 Å². The summed E-state index contributed by atoms with van der Waals surface area (Å²) in [5.41, 5.74) is 0.928. The third kappa shape index (κ3) is 4.42. The molecular formula is C15H21NO5. The molecular weight excluding hydrogens is 274 g/mol. The van der Waals surface area contributed by atoms with Crippen molar-refractivity contribution in [1.82, 2.24) is 4.90 Å². The molecule has 1 aromatic carbocycles. The second kappa shape index (κ2) is 7.97. The van der Waals surface area contributed by atoms with Crippen LogP contribution in [0.3, 0.4) is 0 Å². The first-order valence-electron chi connectivity index (χ1n) is 6.93. The zero-order valence-electron chi connectivity index (χ0n) is 12.1. The summed E-state index contributed by atoms with van der Waals surface area (Å²) in [5, 5.41) is 9.38. The highest BCUT2D eigenvalue weighted by atomic mass is 16.7. The molecule has 21 heavy (non-hydrogen) atoms. The van der Waals surface area contributed by atoms with E-state index < -0.39 is 6.09 Å². The standard InChI is InChI=1S/C15H21NO5/c1-19-11-21-14-7-13(9-17)16(8-14)15(18)20-10-12-5-3-2-4-6-12/h2-6,13-14,17H,7-11H2,1H3. The van der Waals surface area contributed by atoms with E-state index >= 15 is 0 Å². The second-order valence-electron chi connectivity index (χ2n) is 4.96. The van der Waals surface area contributed by atoms with Gasteiger partial charge in [-0.25, -0.2) is 4.79 Å². The van der Waals surface area contributed by atoms with Crippen molar-refractivity contribution in [3.05, 3.63) is 35.9 Å². The molecule has 1 aromatic rings. The fraction of sp³-hybridized carbons (Fsp3) is 0.533. The molecule has 0 aliphatic carbocycles. The lowest BCUT2D eigenvalue weighted by atomic mass is 10.2. The molecule has 1 N–H and O–H groups in total. The number of aliphatic hydroxyl groups excluding tert-OH is 1. The molecule has 0 saturated carbocycles. The van der Waals surface area contributed by atoms with E-state index in [9.17, 15) is 9.90 Å². The fourth-order valence-electron chi connectivity index (χ4n) is 2.36. The van der Waals surface area contributed by atoms with Crippen molar-refractivity contribution in [1.29, 1.82) is 0 Å². The first-order chi connectivity index (χ1) is 10.2. The van der Waals surface area contributed by atoms with Crippen LogP contribution in [0.25, 0.3) is 0 Å². The summed E-state index contributed by atoms with van der Waals surface area (Å²) in [7, 11) is 1.55. The van der Waals surface area contributed by atoms with E-state index in [1.54, 1.807) is 7.11 Å². The molecule has 6 heteroatoms. The summed E-state index contributed by atoms with van der Waals surface area (Å²) in [5.74, 6) is 0. The number of benzene rings is 1. The molecule has 0 radical (unpaired) electrons. The molecule has 1 fully saturated rings. The van der Waals surface area contributed by atoms with Crippen LogP contribution in [-0.2, 0) is 20.8 Å². The zero-order chi connectivity index (χ0) is 15.1. The van der Waals surface area contributed by atoms with E-state index in [0.29, 0.717) is 13.0 Å². The van der Waals surface area contributed by atoms with E-state index in [4.69, 9.17) is 14.2 Å². The monoisotopic (exact) mass is 295 g/mol. The third-order valence-electron chi connectivity index (χ3n) is 3.45. The maximum atomic E-state index is 12.1. The normalized spacial score (nSPS) is 21.5. The SMILES string of the molecule is COCOC1CC(CO)N(C(=O)OCc2ccccc2)C1. The Morgan fingerprint density at radius 1 is 1.38 bits per heavy atom. The molecule has 2 rings (SSSR count). The predicted octanol–water partition coefficient (Wildman–Crippen LogP) is 1.38. The Balaban J connectivity index is 1.85. The highest BCUT2D eigenvalue weighted by molar-refractivity contribution is 5.68. The van der Waals surface area contributed by atoms with Crippen LogP contribution in [-0.4, -0.2) is 55.3 Å². The predicted molar refractivity (Wildman–Crippen MR) is 75.6 cm³/mol. The maximum absolute atomic E-state index is 12.1. The van der Waals surface area contributed by atoms with Crippen LogP contribution in [0.15, 0.2) is 30.3 Å².